The molecule has 0 aliphatic carbocycles. The van der Waals surface area contributed by atoms with E-state index in [2.05, 4.69) is 71.3 Å². The Kier molecular flexibility index (Phi) is 10.5. The highest BCUT2D eigenvalue weighted by Crippen LogP contribution is 2.22. The van der Waals surface area contributed by atoms with Gasteiger partial charge in [0.2, 0.25) is 0 Å². The van der Waals surface area contributed by atoms with Crippen LogP contribution in [0.5, 0.6) is 0 Å². The molecule has 0 aromatic carbocycles. The van der Waals surface area contributed by atoms with Crippen LogP contribution >= 0.6 is 0 Å². The zero-order valence-electron chi connectivity index (χ0n) is 19.2. The van der Waals surface area contributed by atoms with Crippen LogP contribution < -0.4 is 10.6 Å². The number of hydrogen-bond donors (Lipinski definition) is 2. The van der Waals surface area contributed by atoms with E-state index in [4.69, 9.17) is 4.52 Å². The maximum Gasteiger partial charge on any atom is 0.191 e. The van der Waals surface area contributed by atoms with Crippen molar-refractivity contribution in [1.82, 2.24) is 25.6 Å². The highest BCUT2D eigenvalue weighted by atomic mass is 16.5. The van der Waals surface area contributed by atoms with Crippen molar-refractivity contribution in [3.8, 4) is 0 Å². The van der Waals surface area contributed by atoms with E-state index < -0.39 is 0 Å². The number of aliphatic imine (C=N–C) groups is 1. The van der Waals surface area contributed by atoms with E-state index in [9.17, 15) is 0 Å². The molecule has 2 N–H and O–H groups in total. The molecule has 0 bridgehead atoms. The third kappa shape index (κ3) is 7.97. The number of likely N-dealkylation sites (N-methyl/N-ethyl adjacent to an activating group) is 1. The summed E-state index contributed by atoms with van der Waals surface area (Å²) in [4.78, 5) is 9.79. The van der Waals surface area contributed by atoms with Gasteiger partial charge in [-0.3, -0.25) is 0 Å². The Labute approximate surface area is 177 Å². The van der Waals surface area contributed by atoms with Crippen molar-refractivity contribution in [2.24, 2.45) is 10.9 Å². The van der Waals surface area contributed by atoms with Gasteiger partial charge in [0.25, 0.3) is 0 Å². The highest BCUT2D eigenvalue weighted by molar-refractivity contribution is 5.79. The van der Waals surface area contributed by atoms with Gasteiger partial charge in [-0.15, -0.1) is 0 Å². The van der Waals surface area contributed by atoms with Crippen molar-refractivity contribution in [2.75, 3.05) is 52.4 Å². The summed E-state index contributed by atoms with van der Waals surface area (Å²) < 4.78 is 5.50. The lowest BCUT2D eigenvalue weighted by Crippen LogP contribution is -2.48. The summed E-state index contributed by atoms with van der Waals surface area (Å²) in [5.41, 5.74) is 1.05. The zero-order valence-corrected chi connectivity index (χ0v) is 19.2. The second kappa shape index (κ2) is 12.9. The summed E-state index contributed by atoms with van der Waals surface area (Å²) in [6, 6.07) is 2.06. The molecule has 0 amide bonds. The molecule has 7 heteroatoms. The van der Waals surface area contributed by atoms with Gasteiger partial charge in [-0.05, 0) is 32.2 Å². The minimum atomic E-state index is 0.475. The molecule has 1 aromatic heterocycles. The van der Waals surface area contributed by atoms with Gasteiger partial charge in [-0.1, -0.05) is 32.9 Å². The maximum atomic E-state index is 5.50. The van der Waals surface area contributed by atoms with Crippen molar-refractivity contribution in [1.29, 1.82) is 0 Å². The number of rotatable bonds is 11. The van der Waals surface area contributed by atoms with Crippen LogP contribution in [0.2, 0.25) is 0 Å². The lowest BCUT2D eigenvalue weighted by Gasteiger charge is -2.35. The van der Waals surface area contributed by atoms with E-state index in [0.717, 1.165) is 56.4 Å². The highest BCUT2D eigenvalue weighted by Gasteiger charge is 2.17. The van der Waals surface area contributed by atoms with Crippen molar-refractivity contribution in [3.63, 3.8) is 0 Å². The van der Waals surface area contributed by atoms with Crippen LogP contribution in [0.1, 0.15) is 64.8 Å². The van der Waals surface area contributed by atoms with E-state index >= 15 is 0 Å². The van der Waals surface area contributed by atoms with Crippen molar-refractivity contribution in [3.05, 3.63) is 17.5 Å². The van der Waals surface area contributed by atoms with Crippen LogP contribution in [-0.4, -0.2) is 73.3 Å². The largest absolute Gasteiger partial charge is 0.359 e. The Morgan fingerprint density at radius 2 is 1.79 bits per heavy atom. The van der Waals surface area contributed by atoms with E-state index in [1.54, 1.807) is 0 Å². The molecule has 7 nitrogen and oxygen atoms in total. The Morgan fingerprint density at radius 1 is 1.10 bits per heavy atom. The summed E-state index contributed by atoms with van der Waals surface area (Å²) in [6.07, 6.45) is 2.17. The lowest BCUT2D eigenvalue weighted by atomic mass is 9.99. The molecule has 1 aromatic rings. The quantitative estimate of drug-likeness (QED) is 0.435. The van der Waals surface area contributed by atoms with Gasteiger partial charge in [0.05, 0.1) is 5.69 Å². The molecule has 1 saturated heterocycles. The Bertz CT molecular complexity index is 590. The van der Waals surface area contributed by atoms with Crippen LogP contribution in [0.25, 0.3) is 0 Å². The molecule has 2 rings (SSSR count). The molecule has 0 saturated carbocycles. The van der Waals surface area contributed by atoms with Crippen LogP contribution in [0.4, 0.5) is 0 Å². The monoisotopic (exact) mass is 406 g/mol. The van der Waals surface area contributed by atoms with Gasteiger partial charge in [0.15, 0.2) is 11.7 Å². The summed E-state index contributed by atoms with van der Waals surface area (Å²) in [5, 5.41) is 11.1. The number of nitrogens with zero attached hydrogens (tertiary/aromatic N) is 4. The second-order valence-electron chi connectivity index (χ2n) is 8.15. The van der Waals surface area contributed by atoms with Gasteiger partial charge >= 0.3 is 0 Å². The van der Waals surface area contributed by atoms with Gasteiger partial charge in [-0.2, -0.15) is 0 Å². The molecule has 29 heavy (non-hydrogen) atoms. The van der Waals surface area contributed by atoms with Crippen LogP contribution in [0.3, 0.4) is 0 Å². The molecule has 0 radical (unpaired) electrons. The van der Waals surface area contributed by atoms with Crippen molar-refractivity contribution in [2.45, 2.75) is 59.9 Å². The standard InChI is InChI=1S/C22H42N6O/c1-6-19(7-2)21-14-20(29-26-21)16-25-22(23-8-3)24-15-18(5)17-28-12-10-27(9-4)11-13-28/h14,18-19H,6-13,15-17H2,1-5H3,(H2,23,24,25). The van der Waals surface area contributed by atoms with Gasteiger partial charge < -0.3 is 25.0 Å². The lowest BCUT2D eigenvalue weighted by molar-refractivity contribution is 0.124. The minimum absolute atomic E-state index is 0.475. The number of nitrogens with one attached hydrogen (secondary N) is 2. The molecule has 1 aliphatic heterocycles. The normalized spacial score (nSPS) is 17.7. The minimum Gasteiger partial charge on any atom is -0.359 e. The summed E-state index contributed by atoms with van der Waals surface area (Å²) in [6.45, 7) is 20.3. The van der Waals surface area contributed by atoms with Gasteiger partial charge in [0, 0.05) is 57.8 Å². The first-order valence-electron chi connectivity index (χ1n) is 11.5. The maximum absolute atomic E-state index is 5.50. The van der Waals surface area contributed by atoms with Crippen LogP contribution in [-0.2, 0) is 6.54 Å². The fraction of sp³-hybridized carbons (Fsp3) is 0.818. The van der Waals surface area contributed by atoms with Gasteiger partial charge in [-0.25, -0.2) is 4.99 Å². The fourth-order valence-corrected chi connectivity index (χ4v) is 3.87. The second-order valence-corrected chi connectivity index (χ2v) is 8.15. The van der Waals surface area contributed by atoms with Gasteiger partial charge in [0.1, 0.15) is 6.54 Å². The molecular formula is C22H42N6O. The van der Waals surface area contributed by atoms with Crippen molar-refractivity contribution >= 4 is 5.96 Å². The predicted octanol–water partition coefficient (Wildman–Crippen LogP) is 2.91. The molecule has 1 atom stereocenters. The summed E-state index contributed by atoms with van der Waals surface area (Å²) >= 11 is 0. The zero-order chi connectivity index (χ0) is 21.1. The molecule has 1 fully saturated rings. The fourth-order valence-electron chi connectivity index (χ4n) is 3.87. The summed E-state index contributed by atoms with van der Waals surface area (Å²) in [7, 11) is 0. The van der Waals surface area contributed by atoms with Crippen molar-refractivity contribution < 1.29 is 4.52 Å². The number of guanidine groups is 1. The first kappa shape index (κ1) is 23.7. The topological polar surface area (TPSA) is 68.9 Å². The SMILES string of the molecule is CCNC(=NCc1cc(C(CC)CC)no1)NCC(C)CN1CCN(CC)CC1. The Morgan fingerprint density at radius 3 is 2.41 bits per heavy atom. The van der Waals surface area contributed by atoms with E-state index in [0.29, 0.717) is 18.4 Å². The molecule has 1 unspecified atom stereocenters. The predicted molar refractivity (Wildman–Crippen MR) is 120 cm³/mol. The molecular weight excluding hydrogens is 364 g/mol. The Balaban J connectivity index is 1.80. The van der Waals surface area contributed by atoms with E-state index in [-0.39, 0.29) is 0 Å². The first-order valence-corrected chi connectivity index (χ1v) is 11.5. The smallest absolute Gasteiger partial charge is 0.191 e. The van der Waals surface area contributed by atoms with E-state index in [1.807, 2.05) is 0 Å². The van der Waals surface area contributed by atoms with Crippen LogP contribution in [0, 0.1) is 5.92 Å². The summed E-state index contributed by atoms with van der Waals surface area (Å²) in [5.74, 6) is 2.71. The first-order chi connectivity index (χ1) is 14.1. The van der Waals surface area contributed by atoms with E-state index in [1.165, 1.54) is 26.2 Å². The average Bonchev–Trinajstić information content (AvgIpc) is 3.20. The number of aromatic nitrogens is 1. The average molecular weight is 407 g/mol. The number of piperazine rings is 1. The molecule has 166 valence electrons. The number of hydrogen-bond acceptors (Lipinski definition) is 5. The molecule has 2 heterocycles. The third-order valence-electron chi connectivity index (χ3n) is 5.82. The Hall–Kier alpha value is -1.60. The molecule has 0 spiro atoms. The van der Waals surface area contributed by atoms with Crippen LogP contribution in [0.15, 0.2) is 15.6 Å². The third-order valence-corrected chi connectivity index (χ3v) is 5.82. The molecule has 1 aliphatic rings.